The van der Waals surface area contributed by atoms with Crippen LogP contribution in [0.2, 0.25) is 0 Å². The molecule has 0 aromatic heterocycles. The predicted molar refractivity (Wildman–Crippen MR) is 63.1 cm³/mol. The molecule has 1 saturated heterocycles. The van der Waals surface area contributed by atoms with E-state index in [9.17, 15) is 4.79 Å². The minimum absolute atomic E-state index is 0.00896. The van der Waals surface area contributed by atoms with Crippen LogP contribution in [0, 0.1) is 0 Å². The molecule has 1 aliphatic rings. The molecule has 0 radical (unpaired) electrons. The van der Waals surface area contributed by atoms with Gasteiger partial charge >= 0.3 is 0 Å². The maximum Gasteiger partial charge on any atom is 0.261 e. The van der Waals surface area contributed by atoms with E-state index >= 15 is 0 Å². The van der Waals surface area contributed by atoms with Crippen molar-refractivity contribution in [3.8, 4) is 0 Å². The molecule has 1 aliphatic heterocycles. The average molecular weight is 267 g/mol. The number of halogens is 1. The second-order valence-electron chi connectivity index (χ2n) is 3.72. The first-order valence-electron chi connectivity index (χ1n) is 4.69. The van der Waals surface area contributed by atoms with E-state index in [1.54, 1.807) is 6.21 Å². The van der Waals surface area contributed by atoms with Crippen molar-refractivity contribution in [2.75, 3.05) is 6.54 Å². The standard InChI is InChI=1S/C11H11BrN2O/c1-11(12)8-14(10(11)15)13-7-9-5-3-2-4-6-9/h2-7H,8H2,1H3. The summed E-state index contributed by atoms with van der Waals surface area (Å²) in [5.41, 5.74) is 0.994. The molecule has 1 aromatic rings. The SMILES string of the molecule is CC1(Br)CN(N=Cc2ccccc2)C1=O. The van der Waals surface area contributed by atoms with Crippen molar-refractivity contribution in [1.82, 2.24) is 5.01 Å². The molecule has 1 heterocycles. The molecule has 4 heteroatoms. The molecule has 78 valence electrons. The smallest absolute Gasteiger partial charge is 0.261 e. The molecule has 1 fully saturated rings. The summed E-state index contributed by atoms with van der Waals surface area (Å²) in [6.45, 7) is 2.47. The van der Waals surface area contributed by atoms with E-state index in [2.05, 4.69) is 21.0 Å². The van der Waals surface area contributed by atoms with Crippen molar-refractivity contribution < 1.29 is 4.79 Å². The van der Waals surface area contributed by atoms with Gasteiger partial charge in [-0.25, -0.2) is 5.01 Å². The number of hydrazone groups is 1. The molecule has 1 aromatic carbocycles. The molecular weight excluding hydrogens is 256 g/mol. The van der Waals surface area contributed by atoms with E-state index < -0.39 is 4.32 Å². The van der Waals surface area contributed by atoms with Gasteiger partial charge < -0.3 is 0 Å². The predicted octanol–water partition coefficient (Wildman–Crippen LogP) is 2.02. The van der Waals surface area contributed by atoms with Crippen molar-refractivity contribution >= 4 is 28.1 Å². The molecule has 0 saturated carbocycles. The van der Waals surface area contributed by atoms with E-state index in [-0.39, 0.29) is 5.91 Å². The maximum atomic E-state index is 11.5. The Labute approximate surface area is 96.9 Å². The van der Waals surface area contributed by atoms with Gasteiger partial charge in [-0.2, -0.15) is 5.10 Å². The van der Waals surface area contributed by atoms with Gasteiger partial charge in [-0.1, -0.05) is 46.3 Å². The van der Waals surface area contributed by atoms with E-state index in [1.165, 1.54) is 5.01 Å². The molecule has 3 nitrogen and oxygen atoms in total. The van der Waals surface area contributed by atoms with Crippen LogP contribution in [0.4, 0.5) is 0 Å². The van der Waals surface area contributed by atoms with Gasteiger partial charge in [-0.05, 0) is 12.5 Å². The zero-order valence-corrected chi connectivity index (χ0v) is 9.94. The zero-order valence-electron chi connectivity index (χ0n) is 8.35. The van der Waals surface area contributed by atoms with E-state index in [4.69, 9.17) is 0 Å². The van der Waals surface area contributed by atoms with Gasteiger partial charge in [0.2, 0.25) is 0 Å². The number of rotatable bonds is 2. The first-order chi connectivity index (χ1) is 7.09. The summed E-state index contributed by atoms with van der Waals surface area (Å²) in [4.78, 5) is 11.5. The van der Waals surface area contributed by atoms with Gasteiger partial charge in [0.15, 0.2) is 0 Å². The Hall–Kier alpha value is -1.16. The number of hydrogen-bond donors (Lipinski definition) is 0. The molecule has 1 amide bonds. The van der Waals surface area contributed by atoms with Crippen LogP contribution in [0.3, 0.4) is 0 Å². The number of nitrogens with zero attached hydrogens (tertiary/aromatic N) is 2. The van der Waals surface area contributed by atoms with Crippen LogP contribution in [0.25, 0.3) is 0 Å². The molecule has 1 atom stereocenters. The monoisotopic (exact) mass is 266 g/mol. The van der Waals surface area contributed by atoms with Crippen molar-refractivity contribution in [2.45, 2.75) is 11.2 Å². The molecule has 0 bridgehead atoms. The first-order valence-corrected chi connectivity index (χ1v) is 5.49. The number of carbonyl (C=O) groups excluding carboxylic acids is 1. The molecule has 15 heavy (non-hydrogen) atoms. The Morgan fingerprint density at radius 2 is 2.13 bits per heavy atom. The van der Waals surface area contributed by atoms with Crippen LogP contribution in [0.5, 0.6) is 0 Å². The number of amides is 1. The average Bonchev–Trinajstić information content (AvgIpc) is 2.25. The minimum atomic E-state index is -0.416. The highest BCUT2D eigenvalue weighted by Gasteiger charge is 2.46. The van der Waals surface area contributed by atoms with Crippen LogP contribution >= 0.6 is 15.9 Å². The number of hydrogen-bond acceptors (Lipinski definition) is 2. The normalized spacial score (nSPS) is 25.7. The number of β-lactam (4-membered cyclic amide) rings is 1. The topological polar surface area (TPSA) is 32.7 Å². The van der Waals surface area contributed by atoms with Crippen molar-refractivity contribution in [1.29, 1.82) is 0 Å². The Balaban J connectivity index is 2.01. The highest BCUT2D eigenvalue weighted by atomic mass is 79.9. The lowest BCUT2D eigenvalue weighted by atomic mass is 10.0. The van der Waals surface area contributed by atoms with E-state index in [0.717, 1.165) is 5.56 Å². The molecular formula is C11H11BrN2O. The summed E-state index contributed by atoms with van der Waals surface area (Å²) in [6.07, 6.45) is 1.69. The van der Waals surface area contributed by atoms with Gasteiger partial charge in [0, 0.05) is 0 Å². The lowest BCUT2D eigenvalue weighted by molar-refractivity contribution is -0.143. The maximum absolute atomic E-state index is 11.5. The molecule has 0 N–H and O–H groups in total. The zero-order chi connectivity index (χ0) is 10.9. The third-order valence-electron chi connectivity index (χ3n) is 2.27. The summed E-state index contributed by atoms with van der Waals surface area (Å²) in [7, 11) is 0. The van der Waals surface area contributed by atoms with Crippen LogP contribution in [0.1, 0.15) is 12.5 Å². The summed E-state index contributed by atoms with van der Waals surface area (Å²) in [5.74, 6) is 0.00896. The highest BCUT2D eigenvalue weighted by molar-refractivity contribution is 9.10. The fourth-order valence-electron chi connectivity index (χ4n) is 1.37. The van der Waals surface area contributed by atoms with Gasteiger partial charge in [0.25, 0.3) is 5.91 Å². The Bertz CT molecular complexity index is 400. The second kappa shape index (κ2) is 3.77. The second-order valence-corrected chi connectivity index (χ2v) is 5.47. The molecule has 0 aliphatic carbocycles. The summed E-state index contributed by atoms with van der Waals surface area (Å²) < 4.78 is -0.416. The van der Waals surface area contributed by atoms with Gasteiger partial charge in [0.05, 0.1) is 12.8 Å². The minimum Gasteiger partial charge on any atom is -0.271 e. The fraction of sp³-hybridized carbons (Fsp3) is 0.273. The molecule has 1 unspecified atom stereocenters. The van der Waals surface area contributed by atoms with Gasteiger partial charge in [0.1, 0.15) is 4.32 Å². The van der Waals surface area contributed by atoms with E-state index in [0.29, 0.717) is 6.54 Å². The van der Waals surface area contributed by atoms with E-state index in [1.807, 2.05) is 37.3 Å². The lowest BCUT2D eigenvalue weighted by Gasteiger charge is -2.38. The first kappa shape index (κ1) is 10.4. The third kappa shape index (κ3) is 2.09. The number of benzene rings is 1. The number of alkyl halides is 1. The Morgan fingerprint density at radius 1 is 1.47 bits per heavy atom. The van der Waals surface area contributed by atoms with Crippen molar-refractivity contribution in [2.24, 2.45) is 5.10 Å². The Kier molecular flexibility index (Phi) is 2.61. The molecule has 2 rings (SSSR count). The summed E-state index contributed by atoms with van der Waals surface area (Å²) in [5, 5.41) is 5.57. The van der Waals surface area contributed by atoms with Crippen LogP contribution in [-0.2, 0) is 4.79 Å². The van der Waals surface area contributed by atoms with Crippen molar-refractivity contribution in [3.05, 3.63) is 35.9 Å². The third-order valence-corrected chi connectivity index (χ3v) is 2.86. The quantitative estimate of drug-likeness (QED) is 0.458. The number of carbonyl (C=O) groups is 1. The van der Waals surface area contributed by atoms with Crippen molar-refractivity contribution in [3.63, 3.8) is 0 Å². The highest BCUT2D eigenvalue weighted by Crippen LogP contribution is 2.31. The molecule has 0 spiro atoms. The van der Waals surface area contributed by atoms with Crippen LogP contribution in [-0.4, -0.2) is 28.0 Å². The Morgan fingerprint density at radius 3 is 2.67 bits per heavy atom. The summed E-state index contributed by atoms with van der Waals surface area (Å²) >= 11 is 3.33. The lowest BCUT2D eigenvalue weighted by Crippen LogP contribution is -2.58. The van der Waals surface area contributed by atoms with Gasteiger partial charge in [-0.15, -0.1) is 0 Å². The van der Waals surface area contributed by atoms with Crippen LogP contribution < -0.4 is 0 Å². The summed E-state index contributed by atoms with van der Waals surface area (Å²) in [6, 6.07) is 9.71. The van der Waals surface area contributed by atoms with Crippen LogP contribution in [0.15, 0.2) is 35.4 Å². The largest absolute Gasteiger partial charge is 0.271 e. The fourth-order valence-corrected chi connectivity index (χ4v) is 1.81. The van der Waals surface area contributed by atoms with Gasteiger partial charge in [-0.3, -0.25) is 4.79 Å².